The molecule has 2 aromatic heterocycles. The minimum atomic E-state index is -3.42. The zero-order valence-corrected chi connectivity index (χ0v) is 18.2. The van der Waals surface area contributed by atoms with Gasteiger partial charge in [0.15, 0.2) is 0 Å². The third-order valence-electron chi connectivity index (χ3n) is 6.14. The van der Waals surface area contributed by atoms with Crippen LogP contribution >= 0.6 is 0 Å². The lowest BCUT2D eigenvalue weighted by atomic mass is 9.98. The first kappa shape index (κ1) is 20.0. The second-order valence-electron chi connectivity index (χ2n) is 8.25. The van der Waals surface area contributed by atoms with E-state index in [0.717, 1.165) is 47.0 Å². The molecule has 1 saturated heterocycles. The second kappa shape index (κ2) is 7.94. The van der Waals surface area contributed by atoms with E-state index in [9.17, 15) is 8.42 Å². The van der Waals surface area contributed by atoms with Gasteiger partial charge in [0.25, 0.3) is 0 Å². The molecular formula is C23H25N5O2S. The van der Waals surface area contributed by atoms with Crippen LogP contribution < -0.4 is 0 Å². The summed E-state index contributed by atoms with van der Waals surface area (Å²) in [4.78, 5) is 0.378. The lowest BCUT2D eigenvalue weighted by Crippen LogP contribution is -2.39. The van der Waals surface area contributed by atoms with Gasteiger partial charge in [-0.15, -0.1) is 0 Å². The summed E-state index contributed by atoms with van der Waals surface area (Å²) in [6.45, 7) is 3.85. The van der Waals surface area contributed by atoms with E-state index in [-0.39, 0.29) is 0 Å². The van der Waals surface area contributed by atoms with Crippen molar-refractivity contribution in [3.05, 3.63) is 66.6 Å². The number of hydrogen-bond acceptors (Lipinski definition) is 4. The van der Waals surface area contributed by atoms with Gasteiger partial charge < -0.3 is 0 Å². The molecular weight excluding hydrogens is 410 g/mol. The molecule has 0 aliphatic carbocycles. The highest BCUT2D eigenvalue weighted by Gasteiger charge is 2.29. The predicted molar refractivity (Wildman–Crippen MR) is 120 cm³/mol. The number of piperidine rings is 1. The summed E-state index contributed by atoms with van der Waals surface area (Å²) >= 11 is 0. The van der Waals surface area contributed by atoms with Crippen LogP contribution in [-0.4, -0.2) is 45.8 Å². The van der Waals surface area contributed by atoms with Crippen LogP contribution in [0.5, 0.6) is 0 Å². The van der Waals surface area contributed by atoms with E-state index in [1.807, 2.05) is 42.3 Å². The molecule has 3 heterocycles. The summed E-state index contributed by atoms with van der Waals surface area (Å²) in [6.07, 6.45) is 7.25. The van der Waals surface area contributed by atoms with Crippen molar-refractivity contribution >= 4 is 20.9 Å². The van der Waals surface area contributed by atoms with Gasteiger partial charge in [-0.05, 0) is 55.5 Å². The molecule has 0 bridgehead atoms. The van der Waals surface area contributed by atoms with Gasteiger partial charge in [0, 0.05) is 36.8 Å². The highest BCUT2D eigenvalue weighted by Crippen LogP contribution is 2.27. The van der Waals surface area contributed by atoms with Gasteiger partial charge in [0.05, 0.1) is 22.8 Å². The van der Waals surface area contributed by atoms with Gasteiger partial charge in [0.1, 0.15) is 0 Å². The van der Waals surface area contributed by atoms with E-state index in [1.54, 1.807) is 16.4 Å². The molecule has 1 fully saturated rings. The lowest BCUT2D eigenvalue weighted by molar-refractivity contribution is 0.249. The second-order valence-corrected chi connectivity index (χ2v) is 10.2. The molecule has 1 aliphatic heterocycles. The third kappa shape index (κ3) is 3.88. The molecule has 1 aliphatic rings. The molecule has 2 aromatic carbocycles. The number of benzene rings is 2. The molecule has 0 radical (unpaired) electrons. The highest BCUT2D eigenvalue weighted by molar-refractivity contribution is 7.89. The van der Waals surface area contributed by atoms with Crippen LogP contribution in [-0.2, 0) is 16.6 Å². The molecule has 0 amide bonds. The molecule has 5 rings (SSSR count). The van der Waals surface area contributed by atoms with Crippen molar-refractivity contribution in [2.45, 2.75) is 31.2 Å². The van der Waals surface area contributed by atoms with Crippen molar-refractivity contribution in [1.82, 2.24) is 24.3 Å². The number of aromatic nitrogens is 4. The Morgan fingerprint density at radius 3 is 2.52 bits per heavy atom. The van der Waals surface area contributed by atoms with Crippen molar-refractivity contribution < 1.29 is 8.42 Å². The number of H-pyrrole nitrogens is 1. The van der Waals surface area contributed by atoms with Gasteiger partial charge in [-0.3, -0.25) is 9.78 Å². The Hall–Kier alpha value is -2.97. The Morgan fingerprint density at radius 1 is 1.03 bits per heavy atom. The lowest BCUT2D eigenvalue weighted by Gasteiger charge is -2.31. The first-order valence-corrected chi connectivity index (χ1v) is 12.0. The van der Waals surface area contributed by atoms with E-state index in [4.69, 9.17) is 0 Å². The summed E-state index contributed by atoms with van der Waals surface area (Å²) in [5.74, 6) is 0.404. The van der Waals surface area contributed by atoms with Crippen LogP contribution in [0.4, 0.5) is 0 Å². The largest absolute Gasteiger partial charge is 0.285 e. The molecule has 0 atom stereocenters. The van der Waals surface area contributed by atoms with Gasteiger partial charge in [-0.2, -0.15) is 14.5 Å². The summed E-state index contributed by atoms with van der Waals surface area (Å²) in [6, 6.07) is 13.4. The molecule has 8 heteroatoms. The summed E-state index contributed by atoms with van der Waals surface area (Å²) in [5.41, 5.74) is 4.31. The number of sulfonamides is 1. The molecule has 160 valence electrons. The standard InChI is InChI=1S/C23H25N5O2S/c1-17-2-5-22(6-3-17)31(29,30)27-10-8-18(9-11-27)16-28-23-7-4-19(12-20(23)15-26-28)21-13-24-25-14-21/h2-7,12-15,18H,8-11,16H2,1H3,(H,24,25). The van der Waals surface area contributed by atoms with E-state index in [1.165, 1.54) is 0 Å². The number of rotatable bonds is 5. The fourth-order valence-electron chi connectivity index (χ4n) is 4.26. The van der Waals surface area contributed by atoms with E-state index >= 15 is 0 Å². The van der Waals surface area contributed by atoms with E-state index < -0.39 is 10.0 Å². The molecule has 4 aromatic rings. The number of nitrogens with one attached hydrogen (secondary N) is 1. The van der Waals surface area contributed by atoms with Crippen LogP contribution in [0.1, 0.15) is 18.4 Å². The van der Waals surface area contributed by atoms with E-state index in [0.29, 0.717) is 23.9 Å². The Kier molecular flexibility index (Phi) is 5.11. The quantitative estimate of drug-likeness (QED) is 0.516. The van der Waals surface area contributed by atoms with Crippen LogP contribution in [0.2, 0.25) is 0 Å². The van der Waals surface area contributed by atoms with Crippen molar-refractivity contribution in [3.8, 4) is 11.1 Å². The van der Waals surface area contributed by atoms with Crippen molar-refractivity contribution in [1.29, 1.82) is 0 Å². The summed E-state index contributed by atoms with van der Waals surface area (Å²) in [7, 11) is -3.42. The van der Waals surface area contributed by atoms with Crippen LogP contribution in [0.25, 0.3) is 22.0 Å². The maximum atomic E-state index is 12.9. The minimum Gasteiger partial charge on any atom is -0.285 e. The summed E-state index contributed by atoms with van der Waals surface area (Å²) in [5, 5.41) is 12.6. The SMILES string of the molecule is Cc1ccc(S(=O)(=O)N2CCC(Cn3ncc4cc(-c5cn[nH]c5)ccc43)CC2)cc1. The summed E-state index contributed by atoms with van der Waals surface area (Å²) < 4.78 is 29.5. The minimum absolute atomic E-state index is 0.378. The number of nitrogens with zero attached hydrogens (tertiary/aromatic N) is 4. The molecule has 0 unspecified atom stereocenters. The van der Waals surface area contributed by atoms with Crippen LogP contribution in [0.3, 0.4) is 0 Å². The van der Waals surface area contributed by atoms with Crippen molar-refractivity contribution in [3.63, 3.8) is 0 Å². The van der Waals surface area contributed by atoms with Crippen LogP contribution in [0, 0.1) is 12.8 Å². The molecule has 0 saturated carbocycles. The highest BCUT2D eigenvalue weighted by atomic mass is 32.2. The molecule has 7 nitrogen and oxygen atoms in total. The monoisotopic (exact) mass is 435 g/mol. The molecule has 1 N–H and O–H groups in total. The topological polar surface area (TPSA) is 83.9 Å². The van der Waals surface area contributed by atoms with E-state index in [2.05, 4.69) is 33.5 Å². The number of aromatic amines is 1. The Bertz CT molecular complexity index is 1290. The molecule has 0 spiro atoms. The van der Waals surface area contributed by atoms with Gasteiger partial charge in [0.2, 0.25) is 10.0 Å². The average molecular weight is 436 g/mol. The zero-order chi connectivity index (χ0) is 21.4. The fraction of sp³-hybridized carbons (Fsp3) is 0.304. The maximum Gasteiger partial charge on any atom is 0.243 e. The fourth-order valence-corrected chi connectivity index (χ4v) is 5.73. The molecule has 31 heavy (non-hydrogen) atoms. The van der Waals surface area contributed by atoms with Crippen molar-refractivity contribution in [2.24, 2.45) is 5.92 Å². The predicted octanol–water partition coefficient (Wildman–Crippen LogP) is 3.84. The number of hydrogen-bond donors (Lipinski definition) is 1. The number of aryl methyl sites for hydroxylation is 1. The zero-order valence-electron chi connectivity index (χ0n) is 17.4. The van der Waals surface area contributed by atoms with Crippen LogP contribution in [0.15, 0.2) is 66.0 Å². The maximum absolute atomic E-state index is 12.9. The van der Waals surface area contributed by atoms with Gasteiger partial charge >= 0.3 is 0 Å². The smallest absolute Gasteiger partial charge is 0.243 e. The Labute approximate surface area is 181 Å². The Morgan fingerprint density at radius 2 is 1.81 bits per heavy atom. The number of fused-ring (bicyclic) bond motifs is 1. The third-order valence-corrected chi connectivity index (χ3v) is 8.05. The average Bonchev–Trinajstić information content (AvgIpc) is 3.45. The first-order valence-electron chi connectivity index (χ1n) is 10.5. The Balaban J connectivity index is 1.26. The van der Waals surface area contributed by atoms with Gasteiger partial charge in [-0.1, -0.05) is 23.8 Å². The van der Waals surface area contributed by atoms with Crippen molar-refractivity contribution in [2.75, 3.05) is 13.1 Å². The first-order chi connectivity index (χ1) is 15.0. The normalized spacial score (nSPS) is 16.2. The van der Waals surface area contributed by atoms with Gasteiger partial charge in [-0.25, -0.2) is 8.42 Å².